The minimum atomic E-state index is -2.83. The average Bonchev–Trinajstić information content (AvgIpc) is 3.43. The second-order valence-electron chi connectivity index (χ2n) is 7.09. The van der Waals surface area contributed by atoms with E-state index in [2.05, 4.69) is 20.3 Å². The molecule has 0 aliphatic carbocycles. The maximum absolute atomic E-state index is 13.3. The van der Waals surface area contributed by atoms with Gasteiger partial charge in [0.2, 0.25) is 5.91 Å². The number of halogens is 2. The first-order valence-corrected chi connectivity index (χ1v) is 10.6. The molecule has 0 bridgehead atoms. The molecular weight excluding hydrogens is 426 g/mol. The first kappa shape index (κ1) is 21.3. The van der Waals surface area contributed by atoms with Crippen LogP contribution in [0.3, 0.4) is 0 Å². The molecule has 1 amide bonds. The fourth-order valence-electron chi connectivity index (χ4n) is 3.51. The van der Waals surface area contributed by atoms with Crippen molar-refractivity contribution in [3.05, 3.63) is 41.7 Å². The quantitative estimate of drug-likeness (QED) is 0.555. The van der Waals surface area contributed by atoms with Gasteiger partial charge >= 0.3 is 0 Å². The largest absolute Gasteiger partial charge is 0.350 e. The predicted octanol–water partition coefficient (Wildman–Crippen LogP) is 3.31. The van der Waals surface area contributed by atoms with Gasteiger partial charge in [0, 0.05) is 20.1 Å². The lowest BCUT2D eigenvalue weighted by atomic mass is 10.2. The number of aromatic nitrogens is 3. The first-order valence-electron chi connectivity index (χ1n) is 9.80. The zero-order valence-corrected chi connectivity index (χ0v) is 17.9. The van der Waals surface area contributed by atoms with Crippen molar-refractivity contribution in [2.75, 3.05) is 30.7 Å². The van der Waals surface area contributed by atoms with E-state index in [0.717, 1.165) is 12.0 Å². The molecule has 1 saturated heterocycles. The second-order valence-corrected chi connectivity index (χ2v) is 8.07. The van der Waals surface area contributed by atoms with Crippen LogP contribution in [0.2, 0.25) is 0 Å². The Bertz CT molecular complexity index is 1060. The minimum absolute atomic E-state index is 0.0887. The van der Waals surface area contributed by atoms with Gasteiger partial charge in [-0.15, -0.1) is 0 Å². The van der Waals surface area contributed by atoms with Crippen molar-refractivity contribution < 1.29 is 18.4 Å². The number of anilines is 2. The Morgan fingerprint density at radius 3 is 2.81 bits per heavy atom. The summed E-state index contributed by atoms with van der Waals surface area (Å²) in [5.74, 6) is -0.480. The molecule has 4 rings (SSSR count). The van der Waals surface area contributed by atoms with Crippen molar-refractivity contribution in [3.8, 4) is 0 Å². The number of hydrogen-bond donors (Lipinski definition) is 1. The predicted molar refractivity (Wildman–Crippen MR) is 114 cm³/mol. The third-order valence-electron chi connectivity index (χ3n) is 5.12. The average molecular weight is 448 g/mol. The Labute approximate surface area is 181 Å². The van der Waals surface area contributed by atoms with Crippen molar-refractivity contribution in [3.63, 3.8) is 0 Å². The molecule has 0 unspecified atom stereocenters. The van der Waals surface area contributed by atoms with E-state index < -0.39 is 12.2 Å². The van der Waals surface area contributed by atoms with E-state index in [0.29, 0.717) is 29.3 Å². The van der Waals surface area contributed by atoms with Gasteiger partial charge in [0.1, 0.15) is 10.7 Å². The summed E-state index contributed by atoms with van der Waals surface area (Å²) >= 11 is 1.26. The van der Waals surface area contributed by atoms with Crippen molar-refractivity contribution >= 4 is 38.5 Å². The molecule has 1 fully saturated rings. The van der Waals surface area contributed by atoms with Gasteiger partial charge in [-0.1, -0.05) is 41.7 Å². The van der Waals surface area contributed by atoms with Gasteiger partial charge in [0.05, 0.1) is 7.11 Å². The molecule has 0 radical (unpaired) electrons. The lowest BCUT2D eigenvalue weighted by Crippen LogP contribution is -2.43. The van der Waals surface area contributed by atoms with Gasteiger partial charge < -0.3 is 10.2 Å². The molecule has 1 N–H and O–H groups in total. The number of hydroxylamine groups is 1. The summed E-state index contributed by atoms with van der Waals surface area (Å²) in [6.07, 6.45) is -1.31. The second kappa shape index (κ2) is 9.06. The maximum atomic E-state index is 13.3. The first-order chi connectivity index (χ1) is 15.0. The normalized spacial score (nSPS) is 16.3. The number of rotatable bonds is 7. The molecule has 1 atom stereocenters. The molecule has 2 aromatic heterocycles. The summed E-state index contributed by atoms with van der Waals surface area (Å²) in [6.45, 7) is 1.09. The number of benzene rings is 1. The zero-order chi connectivity index (χ0) is 22.0. The van der Waals surface area contributed by atoms with Crippen LogP contribution in [0.1, 0.15) is 30.7 Å². The summed E-state index contributed by atoms with van der Waals surface area (Å²) in [4.78, 5) is 32.2. The van der Waals surface area contributed by atoms with Crippen molar-refractivity contribution in [2.45, 2.75) is 31.9 Å². The molecule has 0 spiro atoms. The van der Waals surface area contributed by atoms with E-state index in [-0.39, 0.29) is 23.4 Å². The highest BCUT2D eigenvalue weighted by atomic mass is 32.1. The number of thiazole rings is 1. The van der Waals surface area contributed by atoms with Crippen LogP contribution >= 0.6 is 11.3 Å². The number of carbonyl (C=O) groups is 1. The highest BCUT2D eigenvalue weighted by molar-refractivity contribution is 7.22. The third-order valence-corrected chi connectivity index (χ3v) is 6.20. The third kappa shape index (κ3) is 4.42. The number of alkyl halides is 2. The molecule has 0 saturated carbocycles. The van der Waals surface area contributed by atoms with Gasteiger partial charge in [-0.3, -0.25) is 9.63 Å². The lowest BCUT2D eigenvalue weighted by Gasteiger charge is -2.23. The standard InChI is InChI=1S/C20H22F2N6O2S/c1-27(30-2)18-14-16(24-17(25-18)15(21)22)26-20(31-14)28-10-6-9-13(28)19(29)23-11-12-7-4-3-5-8-12/h3-5,7-8,13,15H,6,9-11H2,1-2H3,(H,23,29)/t13-/m1/s1. The summed E-state index contributed by atoms with van der Waals surface area (Å²) in [5.41, 5.74) is 1.18. The number of fused-ring (bicyclic) bond motifs is 1. The van der Waals surface area contributed by atoms with Crippen LogP contribution in [0, 0.1) is 0 Å². The molecule has 1 aliphatic rings. The van der Waals surface area contributed by atoms with E-state index in [1.807, 2.05) is 35.2 Å². The van der Waals surface area contributed by atoms with Gasteiger partial charge in [0.15, 0.2) is 22.4 Å². The highest BCUT2D eigenvalue weighted by Gasteiger charge is 2.33. The highest BCUT2D eigenvalue weighted by Crippen LogP contribution is 2.37. The van der Waals surface area contributed by atoms with E-state index in [1.165, 1.54) is 23.5 Å². The van der Waals surface area contributed by atoms with E-state index in [4.69, 9.17) is 4.84 Å². The molecule has 164 valence electrons. The number of nitrogens with zero attached hydrogens (tertiary/aromatic N) is 5. The van der Waals surface area contributed by atoms with Gasteiger partial charge in [-0.25, -0.2) is 23.8 Å². The van der Waals surface area contributed by atoms with Crippen LogP contribution in [0.4, 0.5) is 19.7 Å². The van der Waals surface area contributed by atoms with Gasteiger partial charge in [-0.2, -0.15) is 4.98 Å². The molecule has 31 heavy (non-hydrogen) atoms. The fraction of sp³-hybridized carbons (Fsp3) is 0.400. The van der Waals surface area contributed by atoms with Crippen LogP contribution in [-0.4, -0.2) is 47.6 Å². The number of nitrogens with one attached hydrogen (secondary N) is 1. The zero-order valence-electron chi connectivity index (χ0n) is 17.1. The van der Waals surface area contributed by atoms with Gasteiger partial charge in [-0.05, 0) is 18.4 Å². The van der Waals surface area contributed by atoms with Crippen LogP contribution in [-0.2, 0) is 16.2 Å². The van der Waals surface area contributed by atoms with E-state index in [1.54, 1.807) is 7.05 Å². The van der Waals surface area contributed by atoms with E-state index >= 15 is 0 Å². The Kier molecular flexibility index (Phi) is 6.23. The SMILES string of the molecule is CON(C)c1nc(C(F)F)nc2nc(N3CCC[C@@H]3C(=O)NCc3ccccc3)sc12. The Hall–Kier alpha value is -2.92. The van der Waals surface area contributed by atoms with Crippen LogP contribution in [0.5, 0.6) is 0 Å². The van der Waals surface area contributed by atoms with Gasteiger partial charge in [0.25, 0.3) is 6.43 Å². The molecule has 8 nitrogen and oxygen atoms in total. The molecule has 3 aromatic rings. The topological polar surface area (TPSA) is 83.5 Å². The Morgan fingerprint density at radius 1 is 1.32 bits per heavy atom. The van der Waals surface area contributed by atoms with Crippen LogP contribution in [0.15, 0.2) is 30.3 Å². The van der Waals surface area contributed by atoms with Crippen molar-refractivity contribution in [2.24, 2.45) is 0 Å². The Morgan fingerprint density at radius 2 is 2.10 bits per heavy atom. The molecule has 11 heteroatoms. The van der Waals surface area contributed by atoms with Crippen molar-refractivity contribution in [1.29, 1.82) is 0 Å². The van der Waals surface area contributed by atoms with Crippen molar-refractivity contribution in [1.82, 2.24) is 20.3 Å². The van der Waals surface area contributed by atoms with E-state index in [9.17, 15) is 13.6 Å². The lowest BCUT2D eigenvalue weighted by molar-refractivity contribution is -0.122. The number of carbonyl (C=O) groups excluding carboxylic acids is 1. The summed E-state index contributed by atoms with van der Waals surface area (Å²) < 4.78 is 27.1. The molecule has 3 heterocycles. The molecule has 1 aromatic carbocycles. The summed E-state index contributed by atoms with van der Waals surface area (Å²) in [7, 11) is 3.00. The fourth-order valence-corrected chi connectivity index (χ4v) is 4.61. The monoisotopic (exact) mass is 448 g/mol. The number of amides is 1. The molecule has 1 aliphatic heterocycles. The summed E-state index contributed by atoms with van der Waals surface area (Å²) in [5, 5.41) is 4.83. The maximum Gasteiger partial charge on any atom is 0.297 e. The van der Waals surface area contributed by atoms with Crippen LogP contribution < -0.4 is 15.3 Å². The smallest absolute Gasteiger partial charge is 0.297 e. The number of hydrogen-bond acceptors (Lipinski definition) is 8. The molecular formula is C20H22F2N6O2S. The minimum Gasteiger partial charge on any atom is -0.350 e. The summed E-state index contributed by atoms with van der Waals surface area (Å²) in [6, 6.07) is 9.30. The van der Waals surface area contributed by atoms with Crippen LogP contribution in [0.25, 0.3) is 10.3 Å². The Balaban J connectivity index is 1.60.